The number of hydrogen-bond acceptors (Lipinski definition) is 8. The van der Waals surface area contributed by atoms with Gasteiger partial charge in [-0.05, 0) is 30.4 Å². The van der Waals surface area contributed by atoms with E-state index in [4.69, 9.17) is 19.7 Å². The Morgan fingerprint density at radius 3 is 1.60 bits per heavy atom. The second kappa shape index (κ2) is 20.2. The molecule has 0 saturated heterocycles. The quantitative estimate of drug-likeness (QED) is 0.121. The summed E-state index contributed by atoms with van der Waals surface area (Å²) in [6.07, 6.45) is 0.987. The van der Waals surface area contributed by atoms with Gasteiger partial charge in [0, 0.05) is 43.8 Å². The number of amides is 4. The van der Waals surface area contributed by atoms with E-state index in [1.165, 1.54) is 0 Å². The summed E-state index contributed by atoms with van der Waals surface area (Å²) >= 11 is 0. The zero-order chi connectivity index (χ0) is 32.3. The van der Waals surface area contributed by atoms with Gasteiger partial charge in [0.25, 0.3) is 0 Å². The fourth-order valence-corrected chi connectivity index (χ4v) is 5.33. The molecule has 0 aromatic heterocycles. The Hall–Kier alpha value is -3.84. The van der Waals surface area contributed by atoms with Crippen LogP contribution < -0.4 is 21.3 Å². The van der Waals surface area contributed by atoms with Crippen molar-refractivity contribution < 1.29 is 38.9 Å². The summed E-state index contributed by atoms with van der Waals surface area (Å²) in [4.78, 5) is 53.3. The van der Waals surface area contributed by atoms with Crippen molar-refractivity contribution in [1.82, 2.24) is 21.3 Å². The number of rotatable bonds is 19. The van der Waals surface area contributed by atoms with Crippen LogP contribution in [-0.4, -0.2) is 92.6 Å². The van der Waals surface area contributed by atoms with Gasteiger partial charge in [0.1, 0.15) is 6.04 Å². The lowest BCUT2D eigenvalue weighted by molar-refractivity contribution is -0.137. The highest BCUT2D eigenvalue weighted by Crippen LogP contribution is 2.34. The SMILES string of the molecule is O=C(NCCOCCO)[C@@H]1C[C@H](C(=O)NCCOCCO)C[C@H](C(=O)N[C@@H](Cc2ccccc2)C(=O)NCc2ccccc2)C1. The van der Waals surface area contributed by atoms with Crippen LogP contribution in [0.5, 0.6) is 0 Å². The predicted octanol–water partition coefficient (Wildman–Crippen LogP) is 0.313. The molecule has 246 valence electrons. The van der Waals surface area contributed by atoms with Crippen LogP contribution in [0.2, 0.25) is 0 Å². The van der Waals surface area contributed by atoms with E-state index in [2.05, 4.69) is 21.3 Å². The molecule has 0 radical (unpaired) electrons. The molecule has 4 atom stereocenters. The topological polar surface area (TPSA) is 175 Å². The summed E-state index contributed by atoms with van der Waals surface area (Å²) in [7, 11) is 0. The van der Waals surface area contributed by atoms with E-state index in [0.717, 1.165) is 11.1 Å². The van der Waals surface area contributed by atoms with Crippen LogP contribution in [0, 0.1) is 17.8 Å². The van der Waals surface area contributed by atoms with Gasteiger partial charge in [-0.2, -0.15) is 0 Å². The van der Waals surface area contributed by atoms with Crippen LogP contribution >= 0.6 is 0 Å². The lowest BCUT2D eigenvalue weighted by Crippen LogP contribution is -2.51. The first-order valence-electron chi connectivity index (χ1n) is 15.5. The van der Waals surface area contributed by atoms with Crippen LogP contribution in [0.4, 0.5) is 0 Å². The summed E-state index contributed by atoms with van der Waals surface area (Å²) < 4.78 is 10.4. The van der Waals surface area contributed by atoms with E-state index >= 15 is 0 Å². The molecule has 0 aliphatic heterocycles. The number of benzene rings is 2. The highest BCUT2D eigenvalue weighted by Gasteiger charge is 2.39. The minimum atomic E-state index is -0.863. The molecule has 12 nitrogen and oxygen atoms in total. The Morgan fingerprint density at radius 1 is 0.644 bits per heavy atom. The minimum Gasteiger partial charge on any atom is -0.394 e. The molecule has 1 aliphatic rings. The monoisotopic (exact) mass is 626 g/mol. The number of aliphatic hydroxyl groups excluding tert-OH is 2. The Bertz CT molecular complexity index is 1150. The van der Waals surface area contributed by atoms with Crippen LogP contribution in [-0.2, 0) is 41.6 Å². The molecule has 0 spiro atoms. The molecule has 0 bridgehead atoms. The first-order valence-corrected chi connectivity index (χ1v) is 15.5. The number of aliphatic hydroxyl groups is 2. The average Bonchev–Trinajstić information content (AvgIpc) is 3.07. The fraction of sp³-hybridized carbons (Fsp3) is 0.515. The summed E-state index contributed by atoms with van der Waals surface area (Å²) in [6, 6.07) is 18.0. The minimum absolute atomic E-state index is 0.120. The highest BCUT2D eigenvalue weighted by atomic mass is 16.5. The van der Waals surface area contributed by atoms with E-state index in [1.807, 2.05) is 60.7 Å². The molecule has 0 unspecified atom stereocenters. The molecule has 45 heavy (non-hydrogen) atoms. The van der Waals surface area contributed by atoms with Gasteiger partial charge in [0.15, 0.2) is 0 Å². The molecule has 12 heteroatoms. The van der Waals surface area contributed by atoms with Crippen LogP contribution in [0.25, 0.3) is 0 Å². The van der Waals surface area contributed by atoms with Crippen LogP contribution in [0.3, 0.4) is 0 Å². The van der Waals surface area contributed by atoms with Gasteiger partial charge in [-0.25, -0.2) is 0 Å². The summed E-state index contributed by atoms with van der Waals surface area (Å²) in [5.41, 5.74) is 1.80. The highest BCUT2D eigenvalue weighted by molar-refractivity contribution is 5.90. The van der Waals surface area contributed by atoms with E-state index in [1.54, 1.807) is 0 Å². The summed E-state index contributed by atoms with van der Waals surface area (Å²) in [6.45, 7) is 1.29. The van der Waals surface area contributed by atoms with Gasteiger partial charge in [0.05, 0.1) is 39.6 Å². The molecule has 1 fully saturated rings. The molecule has 0 heterocycles. The van der Waals surface area contributed by atoms with Crippen molar-refractivity contribution in [3.8, 4) is 0 Å². The van der Waals surface area contributed by atoms with Gasteiger partial charge in [-0.15, -0.1) is 0 Å². The molecule has 2 aromatic carbocycles. The summed E-state index contributed by atoms with van der Waals surface area (Å²) in [5.74, 6) is -3.18. The van der Waals surface area contributed by atoms with Gasteiger partial charge in [0.2, 0.25) is 23.6 Å². The molecular formula is C33H46N4O8. The standard InChI is InChI=1S/C33H46N4O8/c38-13-17-44-15-11-34-30(40)26-20-27(31(41)35-12-16-45-18-14-39)22-28(21-26)32(42)37-29(19-24-7-3-1-4-8-24)33(43)36-23-25-9-5-2-6-10-25/h1-10,26-29,38-39H,11-23H2,(H,34,40)(H,35,41)(H,36,43)(H,37,42)/t26-,27+,28-,29-/m0/s1. The maximum atomic E-state index is 13.7. The number of carbonyl (C=O) groups is 4. The van der Waals surface area contributed by atoms with E-state index in [9.17, 15) is 19.2 Å². The Kier molecular flexibility index (Phi) is 16.0. The second-order valence-electron chi connectivity index (χ2n) is 11.0. The van der Waals surface area contributed by atoms with Crippen LogP contribution in [0.1, 0.15) is 30.4 Å². The van der Waals surface area contributed by atoms with Crippen molar-refractivity contribution in [3.05, 3.63) is 71.8 Å². The molecule has 4 amide bonds. The zero-order valence-corrected chi connectivity index (χ0v) is 25.6. The van der Waals surface area contributed by atoms with Crippen molar-refractivity contribution >= 4 is 23.6 Å². The number of hydrogen-bond donors (Lipinski definition) is 6. The third-order valence-electron chi connectivity index (χ3n) is 7.61. The van der Waals surface area contributed by atoms with Gasteiger partial charge >= 0.3 is 0 Å². The maximum absolute atomic E-state index is 13.7. The molecular weight excluding hydrogens is 580 g/mol. The van der Waals surface area contributed by atoms with Crippen molar-refractivity contribution in [2.75, 3.05) is 52.7 Å². The average molecular weight is 627 g/mol. The molecule has 2 aromatic rings. The maximum Gasteiger partial charge on any atom is 0.243 e. The fourth-order valence-electron chi connectivity index (χ4n) is 5.33. The third kappa shape index (κ3) is 13.0. The van der Waals surface area contributed by atoms with Gasteiger partial charge in [-0.1, -0.05) is 60.7 Å². The van der Waals surface area contributed by atoms with Crippen LogP contribution in [0.15, 0.2) is 60.7 Å². The number of nitrogens with one attached hydrogen (secondary N) is 4. The largest absolute Gasteiger partial charge is 0.394 e. The van der Waals surface area contributed by atoms with Crippen molar-refractivity contribution in [3.63, 3.8) is 0 Å². The van der Waals surface area contributed by atoms with Gasteiger partial charge < -0.3 is 41.0 Å². The number of carbonyl (C=O) groups excluding carboxylic acids is 4. The second-order valence-corrected chi connectivity index (χ2v) is 11.0. The third-order valence-corrected chi connectivity index (χ3v) is 7.61. The predicted molar refractivity (Wildman–Crippen MR) is 167 cm³/mol. The van der Waals surface area contributed by atoms with E-state index < -0.39 is 29.7 Å². The zero-order valence-electron chi connectivity index (χ0n) is 25.6. The number of ether oxygens (including phenoxy) is 2. The Morgan fingerprint density at radius 2 is 1.11 bits per heavy atom. The Balaban J connectivity index is 1.70. The lowest BCUT2D eigenvalue weighted by atomic mass is 9.74. The normalized spacial score (nSPS) is 18.4. The van der Waals surface area contributed by atoms with E-state index in [-0.39, 0.29) is 96.1 Å². The first kappa shape index (κ1) is 35.6. The summed E-state index contributed by atoms with van der Waals surface area (Å²) in [5, 5.41) is 29.2. The molecule has 6 N–H and O–H groups in total. The molecule has 3 rings (SSSR count). The van der Waals surface area contributed by atoms with E-state index in [0.29, 0.717) is 6.54 Å². The Labute approximate surface area is 264 Å². The van der Waals surface area contributed by atoms with Crippen molar-refractivity contribution in [2.24, 2.45) is 17.8 Å². The van der Waals surface area contributed by atoms with Crippen molar-refractivity contribution in [2.45, 2.75) is 38.3 Å². The van der Waals surface area contributed by atoms with Crippen molar-refractivity contribution in [1.29, 1.82) is 0 Å². The first-order chi connectivity index (χ1) is 21.9. The lowest BCUT2D eigenvalue weighted by Gasteiger charge is -2.33. The van der Waals surface area contributed by atoms with Gasteiger partial charge in [-0.3, -0.25) is 19.2 Å². The molecule has 1 aliphatic carbocycles. The smallest absolute Gasteiger partial charge is 0.243 e. The molecule has 1 saturated carbocycles.